The van der Waals surface area contributed by atoms with Crippen molar-refractivity contribution < 1.29 is 19.4 Å². The molecule has 164 valence electrons. The molecule has 1 saturated carbocycles. The van der Waals surface area contributed by atoms with Gasteiger partial charge in [0.15, 0.2) is 0 Å². The lowest BCUT2D eigenvalue weighted by atomic mass is 9.82. The standard InChI is InChI=1S/C24H44O4/c1-4-12-22(14-11-9-7-5-6-8-10-13-19(2)3)28-24(27)21-17-15-20(16-18-21)23(25)26/h19-22H,4-18H2,1-3H3,(H,25,26). The maximum Gasteiger partial charge on any atom is 0.309 e. The summed E-state index contributed by atoms with van der Waals surface area (Å²) < 4.78 is 5.82. The molecule has 1 aliphatic carbocycles. The minimum Gasteiger partial charge on any atom is -0.481 e. The third-order valence-corrected chi connectivity index (χ3v) is 6.11. The van der Waals surface area contributed by atoms with E-state index >= 15 is 0 Å². The highest BCUT2D eigenvalue weighted by Gasteiger charge is 2.31. The lowest BCUT2D eigenvalue weighted by Crippen LogP contribution is -2.29. The molecular weight excluding hydrogens is 352 g/mol. The molecule has 1 aliphatic rings. The SMILES string of the molecule is CCCC(CCCCCCCCCC(C)C)OC(=O)C1CCC(C(=O)O)CC1. The quantitative estimate of drug-likeness (QED) is 0.245. The molecule has 0 aromatic carbocycles. The van der Waals surface area contributed by atoms with Gasteiger partial charge in [-0.2, -0.15) is 0 Å². The summed E-state index contributed by atoms with van der Waals surface area (Å²) in [5, 5.41) is 9.09. The number of carboxylic acid groups (broad SMARTS) is 1. The molecule has 0 aliphatic heterocycles. The van der Waals surface area contributed by atoms with Crippen molar-refractivity contribution in [2.24, 2.45) is 17.8 Å². The first kappa shape index (κ1) is 25.0. The first-order valence-electron chi connectivity index (χ1n) is 11.9. The van der Waals surface area contributed by atoms with Crippen LogP contribution in [0.15, 0.2) is 0 Å². The Morgan fingerprint density at radius 3 is 1.82 bits per heavy atom. The Bertz CT molecular complexity index is 424. The highest BCUT2D eigenvalue weighted by molar-refractivity contribution is 5.74. The van der Waals surface area contributed by atoms with Gasteiger partial charge >= 0.3 is 11.9 Å². The third kappa shape index (κ3) is 11.1. The van der Waals surface area contributed by atoms with Crippen molar-refractivity contribution >= 4 is 11.9 Å². The Morgan fingerprint density at radius 2 is 1.32 bits per heavy atom. The van der Waals surface area contributed by atoms with Gasteiger partial charge in [0.1, 0.15) is 6.10 Å². The van der Waals surface area contributed by atoms with E-state index in [1.807, 2.05) is 0 Å². The molecule has 0 radical (unpaired) electrons. The topological polar surface area (TPSA) is 63.6 Å². The predicted octanol–water partition coefficient (Wildman–Crippen LogP) is 6.76. The normalized spacial score (nSPS) is 20.9. The second-order valence-electron chi connectivity index (χ2n) is 9.18. The molecule has 0 saturated heterocycles. The maximum atomic E-state index is 12.5. The van der Waals surface area contributed by atoms with Crippen LogP contribution >= 0.6 is 0 Å². The van der Waals surface area contributed by atoms with Gasteiger partial charge in [-0.25, -0.2) is 0 Å². The summed E-state index contributed by atoms with van der Waals surface area (Å²) in [4.78, 5) is 23.5. The first-order chi connectivity index (χ1) is 13.4. The fourth-order valence-electron chi connectivity index (χ4n) is 4.23. The van der Waals surface area contributed by atoms with Gasteiger partial charge in [-0.05, 0) is 50.9 Å². The Labute approximate surface area is 172 Å². The second-order valence-corrected chi connectivity index (χ2v) is 9.18. The zero-order valence-corrected chi connectivity index (χ0v) is 18.6. The summed E-state index contributed by atoms with van der Waals surface area (Å²) in [6, 6.07) is 0. The minimum absolute atomic E-state index is 0.0424. The van der Waals surface area contributed by atoms with Crippen molar-refractivity contribution in [3.8, 4) is 0 Å². The molecule has 1 fully saturated rings. The van der Waals surface area contributed by atoms with Gasteiger partial charge in [0.05, 0.1) is 11.8 Å². The molecule has 0 heterocycles. The maximum absolute atomic E-state index is 12.5. The van der Waals surface area contributed by atoms with E-state index in [4.69, 9.17) is 9.84 Å². The van der Waals surface area contributed by atoms with Crippen LogP contribution in [-0.2, 0) is 14.3 Å². The van der Waals surface area contributed by atoms with Gasteiger partial charge in [-0.1, -0.05) is 72.1 Å². The van der Waals surface area contributed by atoms with Crippen molar-refractivity contribution in [3.05, 3.63) is 0 Å². The molecule has 28 heavy (non-hydrogen) atoms. The van der Waals surface area contributed by atoms with Crippen LogP contribution in [0, 0.1) is 17.8 Å². The van der Waals surface area contributed by atoms with Crippen LogP contribution in [0.4, 0.5) is 0 Å². The van der Waals surface area contributed by atoms with Gasteiger partial charge in [-0.3, -0.25) is 9.59 Å². The fraction of sp³-hybridized carbons (Fsp3) is 0.917. The number of hydrogen-bond acceptors (Lipinski definition) is 3. The van der Waals surface area contributed by atoms with Gasteiger partial charge in [0, 0.05) is 0 Å². The van der Waals surface area contributed by atoms with Gasteiger partial charge in [0.2, 0.25) is 0 Å². The van der Waals surface area contributed by atoms with E-state index in [2.05, 4.69) is 20.8 Å². The summed E-state index contributed by atoms with van der Waals surface area (Å²) in [6.45, 7) is 6.72. The molecular formula is C24H44O4. The molecule has 0 bridgehead atoms. The van der Waals surface area contributed by atoms with Crippen LogP contribution < -0.4 is 0 Å². The van der Waals surface area contributed by atoms with Crippen LogP contribution in [0.3, 0.4) is 0 Å². The summed E-state index contributed by atoms with van der Waals surface area (Å²) in [5.74, 6) is -0.366. The first-order valence-corrected chi connectivity index (χ1v) is 11.9. The van der Waals surface area contributed by atoms with Crippen molar-refractivity contribution in [2.75, 3.05) is 0 Å². The molecule has 1 atom stereocenters. The monoisotopic (exact) mass is 396 g/mol. The van der Waals surface area contributed by atoms with Crippen LogP contribution in [0.2, 0.25) is 0 Å². The van der Waals surface area contributed by atoms with Crippen LogP contribution in [0.5, 0.6) is 0 Å². The largest absolute Gasteiger partial charge is 0.481 e. The van der Waals surface area contributed by atoms with E-state index < -0.39 is 5.97 Å². The smallest absolute Gasteiger partial charge is 0.309 e. The number of esters is 1. The van der Waals surface area contributed by atoms with Gasteiger partial charge in [-0.15, -0.1) is 0 Å². The molecule has 1 N–H and O–H groups in total. The summed E-state index contributed by atoms with van der Waals surface area (Å²) >= 11 is 0. The number of ether oxygens (including phenoxy) is 1. The Morgan fingerprint density at radius 1 is 0.821 bits per heavy atom. The number of carboxylic acids is 1. The highest BCUT2D eigenvalue weighted by atomic mass is 16.5. The summed E-state index contributed by atoms with van der Waals surface area (Å²) in [6.07, 6.45) is 15.9. The average Bonchev–Trinajstić information content (AvgIpc) is 2.66. The van der Waals surface area contributed by atoms with E-state index in [0.29, 0.717) is 25.7 Å². The Balaban J connectivity index is 2.15. The van der Waals surface area contributed by atoms with E-state index in [-0.39, 0.29) is 23.9 Å². The lowest BCUT2D eigenvalue weighted by molar-refractivity contribution is -0.158. The average molecular weight is 397 g/mol. The van der Waals surface area contributed by atoms with Gasteiger partial charge in [0.25, 0.3) is 0 Å². The van der Waals surface area contributed by atoms with Crippen LogP contribution in [-0.4, -0.2) is 23.1 Å². The molecule has 4 heteroatoms. The zero-order chi connectivity index (χ0) is 20.8. The summed E-state index contributed by atoms with van der Waals surface area (Å²) in [5.41, 5.74) is 0. The number of hydrogen-bond donors (Lipinski definition) is 1. The van der Waals surface area contributed by atoms with Crippen molar-refractivity contribution in [1.29, 1.82) is 0 Å². The van der Waals surface area contributed by atoms with Gasteiger partial charge < -0.3 is 9.84 Å². The zero-order valence-electron chi connectivity index (χ0n) is 18.6. The van der Waals surface area contributed by atoms with E-state index in [1.54, 1.807) is 0 Å². The lowest BCUT2D eigenvalue weighted by Gasteiger charge is -2.26. The van der Waals surface area contributed by atoms with E-state index in [1.165, 1.54) is 44.9 Å². The van der Waals surface area contributed by atoms with Crippen LogP contribution in [0.1, 0.15) is 117 Å². The Hall–Kier alpha value is -1.06. The van der Waals surface area contributed by atoms with Crippen molar-refractivity contribution in [2.45, 2.75) is 123 Å². The second kappa shape index (κ2) is 14.9. The summed E-state index contributed by atoms with van der Waals surface area (Å²) in [7, 11) is 0. The number of carbonyl (C=O) groups excluding carboxylic acids is 1. The molecule has 0 spiro atoms. The molecule has 0 aromatic heterocycles. The number of unbranched alkanes of at least 4 members (excludes halogenated alkanes) is 6. The van der Waals surface area contributed by atoms with E-state index in [9.17, 15) is 9.59 Å². The number of rotatable bonds is 15. The minimum atomic E-state index is -0.726. The third-order valence-electron chi connectivity index (χ3n) is 6.11. The molecule has 0 amide bonds. The molecule has 1 rings (SSSR count). The fourth-order valence-corrected chi connectivity index (χ4v) is 4.23. The highest BCUT2D eigenvalue weighted by Crippen LogP contribution is 2.30. The molecule has 0 aromatic rings. The number of aliphatic carboxylic acids is 1. The van der Waals surface area contributed by atoms with Crippen molar-refractivity contribution in [3.63, 3.8) is 0 Å². The predicted molar refractivity (Wildman–Crippen MR) is 114 cm³/mol. The molecule has 4 nitrogen and oxygen atoms in total. The van der Waals surface area contributed by atoms with E-state index in [0.717, 1.165) is 31.6 Å². The van der Waals surface area contributed by atoms with Crippen molar-refractivity contribution in [1.82, 2.24) is 0 Å². The Kier molecular flexibility index (Phi) is 13.3. The molecule has 1 unspecified atom stereocenters. The number of carbonyl (C=O) groups is 2. The van der Waals surface area contributed by atoms with Crippen LogP contribution in [0.25, 0.3) is 0 Å².